The standard InChI is InChI=1S/C39H26N4O2Si/c1-5-13-27(14-6-1)43-24-40-33-22-31(21-32(38(33)43)36-37-35(44-26-42-37)23-34-39(36)45-25-41-34)46(28-15-7-2-8-16-28,29-17-9-3-10-18-29)30-19-11-4-12-20-30/h1-26H. The normalized spacial score (nSPS) is 11.9. The summed E-state index contributed by atoms with van der Waals surface area (Å²) in [5.74, 6) is 0. The predicted octanol–water partition coefficient (Wildman–Crippen LogP) is 6.35. The number of hydrogen-bond acceptors (Lipinski definition) is 5. The number of aromatic nitrogens is 4. The lowest BCUT2D eigenvalue weighted by Gasteiger charge is -2.34. The van der Waals surface area contributed by atoms with E-state index in [1.807, 2.05) is 30.6 Å². The van der Waals surface area contributed by atoms with Crippen LogP contribution in [0.1, 0.15) is 0 Å². The van der Waals surface area contributed by atoms with Crippen LogP contribution in [-0.2, 0) is 0 Å². The van der Waals surface area contributed by atoms with Gasteiger partial charge in [0.2, 0.25) is 0 Å². The second kappa shape index (κ2) is 10.5. The van der Waals surface area contributed by atoms with Gasteiger partial charge in [-0.15, -0.1) is 0 Å². The summed E-state index contributed by atoms with van der Waals surface area (Å²) in [6, 6.07) is 49.5. The summed E-state index contributed by atoms with van der Waals surface area (Å²) in [5.41, 5.74) is 7.37. The summed E-state index contributed by atoms with van der Waals surface area (Å²) in [7, 11) is -2.89. The lowest BCUT2D eigenvalue weighted by atomic mass is 10.0. The fraction of sp³-hybridized carbons (Fsp3) is 0. The highest BCUT2D eigenvalue weighted by Crippen LogP contribution is 2.39. The van der Waals surface area contributed by atoms with Crippen LogP contribution in [0.3, 0.4) is 0 Å². The highest BCUT2D eigenvalue weighted by Gasteiger charge is 2.42. The molecule has 46 heavy (non-hydrogen) atoms. The largest absolute Gasteiger partial charge is 0.443 e. The van der Waals surface area contributed by atoms with E-state index in [4.69, 9.17) is 18.8 Å². The number of nitrogens with zero attached hydrogens (tertiary/aromatic N) is 4. The van der Waals surface area contributed by atoms with E-state index in [0.717, 1.165) is 33.4 Å². The molecular formula is C39H26N4O2Si. The molecule has 0 bridgehead atoms. The van der Waals surface area contributed by atoms with Gasteiger partial charge in [-0.3, -0.25) is 4.57 Å². The first-order chi connectivity index (χ1) is 22.8. The third kappa shape index (κ3) is 3.92. The Morgan fingerprint density at radius 2 is 1.11 bits per heavy atom. The van der Waals surface area contributed by atoms with Crippen molar-refractivity contribution in [2.24, 2.45) is 0 Å². The van der Waals surface area contributed by atoms with Crippen molar-refractivity contribution in [2.45, 2.75) is 0 Å². The molecule has 0 aliphatic rings. The first kappa shape index (κ1) is 26.4. The fourth-order valence-corrected chi connectivity index (χ4v) is 11.8. The smallest absolute Gasteiger partial charge is 0.182 e. The van der Waals surface area contributed by atoms with Gasteiger partial charge in [-0.05, 0) is 38.9 Å². The fourth-order valence-electron chi connectivity index (χ4n) is 6.98. The van der Waals surface area contributed by atoms with E-state index >= 15 is 0 Å². The van der Waals surface area contributed by atoms with Gasteiger partial charge in [0.25, 0.3) is 0 Å². The van der Waals surface area contributed by atoms with Crippen LogP contribution in [0.5, 0.6) is 0 Å². The van der Waals surface area contributed by atoms with E-state index in [0.29, 0.717) is 16.7 Å². The van der Waals surface area contributed by atoms with Crippen molar-refractivity contribution in [2.75, 3.05) is 0 Å². The summed E-state index contributed by atoms with van der Waals surface area (Å²) in [6.45, 7) is 0. The van der Waals surface area contributed by atoms with Gasteiger partial charge < -0.3 is 8.83 Å². The van der Waals surface area contributed by atoms with Crippen LogP contribution in [-0.4, -0.2) is 27.6 Å². The van der Waals surface area contributed by atoms with E-state index in [1.54, 1.807) is 0 Å². The Kier molecular flexibility index (Phi) is 6.04. The molecule has 0 aliphatic carbocycles. The van der Waals surface area contributed by atoms with Crippen molar-refractivity contribution < 1.29 is 8.83 Å². The number of imidazole rings is 1. The lowest BCUT2D eigenvalue weighted by molar-refractivity contribution is 0.601. The Balaban J connectivity index is 1.48. The SMILES string of the molecule is c1ccc(-n2cnc3cc([Si](c4ccccc4)(c4ccccc4)c4ccccc4)cc(-c4c5ncoc5cc5ncoc45)c32)cc1. The van der Waals surface area contributed by atoms with Gasteiger partial charge in [-0.25, -0.2) is 15.0 Å². The van der Waals surface area contributed by atoms with E-state index in [9.17, 15) is 0 Å². The molecule has 3 heterocycles. The molecular weight excluding hydrogens is 585 g/mol. The molecule has 9 aromatic rings. The van der Waals surface area contributed by atoms with Gasteiger partial charge in [0, 0.05) is 17.3 Å². The zero-order chi connectivity index (χ0) is 30.5. The molecule has 9 rings (SSSR count). The molecule has 0 unspecified atom stereocenters. The molecule has 0 aliphatic heterocycles. The minimum atomic E-state index is -2.89. The van der Waals surface area contributed by atoms with Crippen molar-refractivity contribution in [1.82, 2.24) is 19.5 Å². The average molecular weight is 611 g/mol. The van der Waals surface area contributed by atoms with E-state index in [-0.39, 0.29) is 0 Å². The number of fused-ring (bicyclic) bond motifs is 3. The zero-order valence-electron chi connectivity index (χ0n) is 24.6. The molecule has 0 atom stereocenters. The Hall–Kier alpha value is -6.05. The number of hydrogen-bond donors (Lipinski definition) is 0. The molecule has 0 amide bonds. The van der Waals surface area contributed by atoms with E-state index in [2.05, 4.69) is 125 Å². The molecule has 7 heteroatoms. The van der Waals surface area contributed by atoms with Crippen LogP contribution < -0.4 is 20.7 Å². The van der Waals surface area contributed by atoms with Crippen molar-refractivity contribution in [3.63, 3.8) is 0 Å². The lowest BCUT2D eigenvalue weighted by Crippen LogP contribution is -2.74. The minimum Gasteiger partial charge on any atom is -0.443 e. The van der Waals surface area contributed by atoms with Crippen LogP contribution in [0.4, 0.5) is 0 Å². The van der Waals surface area contributed by atoms with E-state index in [1.165, 1.54) is 33.5 Å². The molecule has 0 N–H and O–H groups in total. The van der Waals surface area contributed by atoms with Crippen molar-refractivity contribution in [3.8, 4) is 16.8 Å². The molecule has 0 radical (unpaired) electrons. The highest BCUT2D eigenvalue weighted by molar-refractivity contribution is 7.20. The second-order valence-corrected chi connectivity index (χ2v) is 15.2. The molecule has 0 fully saturated rings. The monoisotopic (exact) mass is 610 g/mol. The third-order valence-electron chi connectivity index (χ3n) is 8.92. The number of benzene rings is 6. The Bertz CT molecular complexity index is 2330. The Morgan fingerprint density at radius 1 is 0.522 bits per heavy atom. The zero-order valence-corrected chi connectivity index (χ0v) is 25.6. The predicted molar refractivity (Wildman–Crippen MR) is 185 cm³/mol. The van der Waals surface area contributed by atoms with Crippen LogP contribution in [0.25, 0.3) is 50.0 Å². The minimum absolute atomic E-state index is 0.651. The molecule has 0 spiro atoms. The van der Waals surface area contributed by atoms with E-state index < -0.39 is 8.07 Å². The van der Waals surface area contributed by atoms with Gasteiger partial charge >= 0.3 is 0 Å². The molecule has 6 nitrogen and oxygen atoms in total. The van der Waals surface area contributed by atoms with Gasteiger partial charge in [0.05, 0.1) is 16.6 Å². The maximum atomic E-state index is 6.12. The number of para-hydroxylation sites is 1. The van der Waals surface area contributed by atoms with Crippen molar-refractivity contribution >= 4 is 62.1 Å². The number of rotatable bonds is 6. The number of oxazole rings is 2. The Morgan fingerprint density at radius 3 is 1.74 bits per heavy atom. The van der Waals surface area contributed by atoms with Crippen LogP contribution >= 0.6 is 0 Å². The van der Waals surface area contributed by atoms with Crippen molar-refractivity contribution in [3.05, 3.63) is 159 Å². The molecule has 0 saturated carbocycles. The molecule has 218 valence electrons. The molecule has 0 saturated heterocycles. The second-order valence-electron chi connectivity index (χ2n) is 11.3. The maximum Gasteiger partial charge on any atom is 0.182 e. The van der Waals surface area contributed by atoms with Crippen LogP contribution in [0.2, 0.25) is 0 Å². The molecule has 3 aromatic heterocycles. The first-order valence-corrected chi connectivity index (χ1v) is 17.2. The summed E-state index contributed by atoms with van der Waals surface area (Å²) < 4.78 is 14.1. The summed E-state index contributed by atoms with van der Waals surface area (Å²) in [4.78, 5) is 14.3. The van der Waals surface area contributed by atoms with Gasteiger partial charge in [-0.1, -0.05) is 115 Å². The topological polar surface area (TPSA) is 69.9 Å². The quantitative estimate of drug-likeness (QED) is 0.162. The van der Waals surface area contributed by atoms with Gasteiger partial charge in [0.15, 0.2) is 32.0 Å². The first-order valence-electron chi connectivity index (χ1n) is 15.2. The van der Waals surface area contributed by atoms with Gasteiger partial charge in [-0.2, -0.15) is 0 Å². The average Bonchev–Trinajstić information content (AvgIpc) is 3.89. The maximum absolute atomic E-state index is 6.12. The van der Waals surface area contributed by atoms with Gasteiger partial charge in [0.1, 0.15) is 17.4 Å². The van der Waals surface area contributed by atoms with Crippen LogP contribution in [0, 0.1) is 0 Å². The highest BCUT2D eigenvalue weighted by atomic mass is 28.3. The summed E-state index contributed by atoms with van der Waals surface area (Å²) in [6.07, 6.45) is 4.88. The third-order valence-corrected chi connectivity index (χ3v) is 13.7. The van der Waals surface area contributed by atoms with Crippen molar-refractivity contribution in [1.29, 1.82) is 0 Å². The summed E-state index contributed by atoms with van der Waals surface area (Å²) in [5, 5.41) is 5.05. The molecule has 6 aromatic carbocycles. The summed E-state index contributed by atoms with van der Waals surface area (Å²) >= 11 is 0. The Labute approximate surface area is 265 Å². The van der Waals surface area contributed by atoms with Crippen LogP contribution in [0.15, 0.2) is 167 Å².